The molecule has 192 valence electrons. The van der Waals surface area contributed by atoms with E-state index < -0.39 is 36.1 Å². The molecule has 0 aliphatic rings. The molecule has 1 aromatic heterocycles. The number of carbonyl (C=O) groups excluding carboxylic acids is 1. The number of carbonyl (C=O) groups is 1. The van der Waals surface area contributed by atoms with Gasteiger partial charge in [0.05, 0.1) is 18.1 Å². The van der Waals surface area contributed by atoms with Crippen molar-refractivity contribution in [3.05, 3.63) is 94.4 Å². The summed E-state index contributed by atoms with van der Waals surface area (Å²) in [4.78, 5) is 16.3. The minimum absolute atomic E-state index is 0.0132. The standard InChI is InChI=1S/C26H28F4N4O2/c1-16(32-15-23(35)19-5-8-24(31)33-13-19)9-17-3-2-4-18(10-17)11-25(36)34-14-20-12-21(27)6-7-22(20)26(28,29)30/h2-8,10,12-13,16,23,32,35H,9,11,14-15H2,1H3,(H2,31,33)(H,34,36)/t16?,23-/m1/s1. The second kappa shape index (κ2) is 12.0. The van der Waals surface area contributed by atoms with Gasteiger partial charge in [-0.15, -0.1) is 0 Å². The zero-order chi connectivity index (χ0) is 26.3. The van der Waals surface area contributed by atoms with Gasteiger partial charge < -0.3 is 21.5 Å². The summed E-state index contributed by atoms with van der Waals surface area (Å²) in [6, 6.07) is 12.8. The molecule has 0 saturated heterocycles. The number of nitrogens with two attached hydrogens (primary N) is 1. The van der Waals surface area contributed by atoms with Crippen molar-refractivity contribution in [2.45, 2.75) is 44.6 Å². The molecule has 10 heteroatoms. The van der Waals surface area contributed by atoms with Crippen molar-refractivity contribution in [2.75, 3.05) is 12.3 Å². The van der Waals surface area contributed by atoms with Crippen LogP contribution in [-0.4, -0.2) is 28.6 Å². The van der Waals surface area contributed by atoms with Crippen LogP contribution in [0.3, 0.4) is 0 Å². The fourth-order valence-corrected chi connectivity index (χ4v) is 3.76. The number of nitrogens with one attached hydrogen (secondary N) is 2. The number of amides is 1. The summed E-state index contributed by atoms with van der Waals surface area (Å²) >= 11 is 0. The average Bonchev–Trinajstić information content (AvgIpc) is 2.81. The number of aliphatic hydroxyl groups is 1. The molecule has 0 radical (unpaired) electrons. The minimum Gasteiger partial charge on any atom is -0.387 e. The highest BCUT2D eigenvalue weighted by Gasteiger charge is 2.33. The largest absolute Gasteiger partial charge is 0.416 e. The molecule has 0 spiro atoms. The number of aliphatic hydroxyl groups excluding tert-OH is 1. The molecule has 0 aliphatic carbocycles. The summed E-state index contributed by atoms with van der Waals surface area (Å²) in [5.41, 5.74) is 6.54. The Morgan fingerprint density at radius 1 is 1.11 bits per heavy atom. The Labute approximate surface area is 206 Å². The minimum atomic E-state index is -4.64. The second-order valence-electron chi connectivity index (χ2n) is 8.62. The van der Waals surface area contributed by atoms with Crippen molar-refractivity contribution in [3.63, 3.8) is 0 Å². The molecule has 0 fully saturated rings. The van der Waals surface area contributed by atoms with E-state index in [0.717, 1.165) is 17.7 Å². The Hall–Kier alpha value is -3.50. The van der Waals surface area contributed by atoms with Crippen LogP contribution in [0.15, 0.2) is 60.8 Å². The maximum Gasteiger partial charge on any atom is 0.416 e. The maximum absolute atomic E-state index is 13.4. The first kappa shape index (κ1) is 27.1. The zero-order valence-electron chi connectivity index (χ0n) is 19.6. The number of rotatable bonds is 10. The Morgan fingerprint density at radius 2 is 1.86 bits per heavy atom. The summed E-state index contributed by atoms with van der Waals surface area (Å²) in [5, 5.41) is 16.0. The van der Waals surface area contributed by atoms with Crippen LogP contribution in [0.1, 0.15) is 40.8 Å². The number of halogens is 4. The first-order chi connectivity index (χ1) is 17.0. The third-order valence-electron chi connectivity index (χ3n) is 5.60. The van der Waals surface area contributed by atoms with E-state index in [1.807, 2.05) is 19.1 Å². The number of nitrogen functional groups attached to an aromatic ring is 1. The third-order valence-corrected chi connectivity index (χ3v) is 5.60. The van der Waals surface area contributed by atoms with E-state index in [-0.39, 0.29) is 18.0 Å². The maximum atomic E-state index is 13.4. The lowest BCUT2D eigenvalue weighted by molar-refractivity contribution is -0.138. The Morgan fingerprint density at radius 3 is 2.56 bits per heavy atom. The van der Waals surface area contributed by atoms with Crippen molar-refractivity contribution < 1.29 is 27.5 Å². The van der Waals surface area contributed by atoms with E-state index in [1.54, 1.807) is 24.3 Å². The highest BCUT2D eigenvalue weighted by atomic mass is 19.4. The molecule has 0 aliphatic heterocycles. The van der Waals surface area contributed by atoms with Crippen LogP contribution in [0.2, 0.25) is 0 Å². The van der Waals surface area contributed by atoms with Crippen molar-refractivity contribution in [1.82, 2.24) is 15.6 Å². The number of hydrogen-bond donors (Lipinski definition) is 4. The third kappa shape index (κ3) is 8.03. The molecule has 1 amide bonds. The summed E-state index contributed by atoms with van der Waals surface area (Å²) in [6.45, 7) is 1.84. The summed E-state index contributed by atoms with van der Waals surface area (Å²) in [7, 11) is 0. The van der Waals surface area contributed by atoms with Crippen molar-refractivity contribution in [2.24, 2.45) is 0 Å². The molecule has 5 N–H and O–H groups in total. The van der Waals surface area contributed by atoms with E-state index in [9.17, 15) is 27.5 Å². The second-order valence-corrected chi connectivity index (χ2v) is 8.62. The highest BCUT2D eigenvalue weighted by Crippen LogP contribution is 2.32. The molecule has 2 aromatic carbocycles. The molecule has 2 atom stereocenters. The van der Waals surface area contributed by atoms with Gasteiger partial charge in [-0.2, -0.15) is 13.2 Å². The van der Waals surface area contributed by atoms with Gasteiger partial charge >= 0.3 is 6.18 Å². The zero-order valence-corrected chi connectivity index (χ0v) is 19.6. The van der Waals surface area contributed by atoms with Crippen LogP contribution in [-0.2, 0) is 30.4 Å². The fourth-order valence-electron chi connectivity index (χ4n) is 3.76. The van der Waals surface area contributed by atoms with Crippen LogP contribution in [0, 0.1) is 5.82 Å². The van der Waals surface area contributed by atoms with Gasteiger partial charge in [-0.25, -0.2) is 9.37 Å². The quantitative estimate of drug-likeness (QED) is 0.314. The van der Waals surface area contributed by atoms with Crippen molar-refractivity contribution in [1.29, 1.82) is 0 Å². The number of pyridine rings is 1. The van der Waals surface area contributed by atoms with Gasteiger partial charge in [-0.3, -0.25) is 4.79 Å². The number of anilines is 1. The highest BCUT2D eigenvalue weighted by molar-refractivity contribution is 5.78. The summed E-state index contributed by atoms with van der Waals surface area (Å²) in [6.07, 6.45) is -3.27. The predicted molar refractivity (Wildman–Crippen MR) is 128 cm³/mol. The number of alkyl halides is 3. The predicted octanol–water partition coefficient (Wildman–Crippen LogP) is 3.93. The van der Waals surface area contributed by atoms with Gasteiger partial charge in [0, 0.05) is 30.9 Å². The van der Waals surface area contributed by atoms with Gasteiger partial charge in [0.1, 0.15) is 11.6 Å². The van der Waals surface area contributed by atoms with Gasteiger partial charge in [0.15, 0.2) is 0 Å². The van der Waals surface area contributed by atoms with Crippen molar-refractivity contribution >= 4 is 11.7 Å². The number of benzene rings is 2. The molecule has 1 unspecified atom stereocenters. The van der Waals surface area contributed by atoms with E-state index in [4.69, 9.17) is 5.73 Å². The molecule has 0 saturated carbocycles. The number of hydrogen-bond acceptors (Lipinski definition) is 5. The van der Waals surface area contributed by atoms with E-state index >= 15 is 0 Å². The van der Waals surface area contributed by atoms with Gasteiger partial charge in [0.2, 0.25) is 5.91 Å². The van der Waals surface area contributed by atoms with Crippen LogP contribution in [0.4, 0.5) is 23.4 Å². The van der Waals surface area contributed by atoms with Gasteiger partial charge in [-0.05, 0) is 54.3 Å². The molecular weight excluding hydrogens is 476 g/mol. The molecular formula is C26H28F4N4O2. The van der Waals surface area contributed by atoms with Gasteiger partial charge in [0.25, 0.3) is 0 Å². The molecule has 3 aromatic rings. The smallest absolute Gasteiger partial charge is 0.387 e. The van der Waals surface area contributed by atoms with Gasteiger partial charge in [-0.1, -0.05) is 30.3 Å². The molecule has 1 heterocycles. The van der Waals surface area contributed by atoms with Crippen LogP contribution < -0.4 is 16.4 Å². The topological polar surface area (TPSA) is 100 Å². The number of nitrogens with zero attached hydrogens (tertiary/aromatic N) is 1. The lowest BCUT2D eigenvalue weighted by Crippen LogP contribution is -2.32. The van der Waals surface area contributed by atoms with Crippen molar-refractivity contribution in [3.8, 4) is 0 Å². The molecule has 36 heavy (non-hydrogen) atoms. The molecule has 0 bridgehead atoms. The van der Waals surface area contributed by atoms with Crippen LogP contribution in [0.25, 0.3) is 0 Å². The first-order valence-corrected chi connectivity index (χ1v) is 11.3. The van der Waals surface area contributed by atoms with E-state index in [2.05, 4.69) is 15.6 Å². The summed E-state index contributed by atoms with van der Waals surface area (Å²) < 4.78 is 52.9. The van der Waals surface area contributed by atoms with Crippen LogP contribution >= 0.6 is 0 Å². The van der Waals surface area contributed by atoms with E-state index in [0.29, 0.717) is 36.0 Å². The number of aromatic nitrogens is 1. The molecule has 6 nitrogen and oxygen atoms in total. The fraction of sp³-hybridized carbons (Fsp3) is 0.308. The lowest BCUT2D eigenvalue weighted by atomic mass is 10.0. The monoisotopic (exact) mass is 504 g/mol. The molecule has 3 rings (SSSR count). The lowest BCUT2D eigenvalue weighted by Gasteiger charge is -2.18. The first-order valence-electron chi connectivity index (χ1n) is 11.3. The van der Waals surface area contributed by atoms with Crippen LogP contribution in [0.5, 0.6) is 0 Å². The Bertz CT molecular complexity index is 1170. The van der Waals surface area contributed by atoms with E-state index in [1.165, 1.54) is 6.20 Å². The summed E-state index contributed by atoms with van der Waals surface area (Å²) in [5.74, 6) is -0.905. The normalized spacial score (nSPS) is 13.3. The Balaban J connectivity index is 1.51. The average molecular weight is 505 g/mol. The Kier molecular flexibility index (Phi) is 9.00. The SMILES string of the molecule is CC(Cc1cccc(CC(=O)NCc2cc(F)ccc2C(F)(F)F)c1)NC[C@@H](O)c1ccc(N)nc1.